The summed E-state index contributed by atoms with van der Waals surface area (Å²) in [5, 5.41) is 18.0. The SMILES string of the molecule is COc1c(CCO)cc(Br)c(O)c1F. The van der Waals surface area contributed by atoms with Gasteiger partial charge in [0, 0.05) is 12.2 Å². The van der Waals surface area contributed by atoms with Crippen LogP contribution in [-0.2, 0) is 6.42 Å². The second-order valence-corrected chi connectivity index (χ2v) is 3.54. The van der Waals surface area contributed by atoms with Crippen LogP contribution in [0.4, 0.5) is 4.39 Å². The van der Waals surface area contributed by atoms with E-state index in [0.29, 0.717) is 5.56 Å². The highest BCUT2D eigenvalue weighted by molar-refractivity contribution is 9.10. The zero-order valence-corrected chi connectivity index (χ0v) is 9.14. The molecule has 0 fully saturated rings. The second-order valence-electron chi connectivity index (χ2n) is 2.69. The van der Waals surface area contributed by atoms with Gasteiger partial charge in [-0.3, -0.25) is 0 Å². The number of aromatic hydroxyl groups is 1. The monoisotopic (exact) mass is 264 g/mol. The van der Waals surface area contributed by atoms with Crippen molar-refractivity contribution in [1.29, 1.82) is 0 Å². The Morgan fingerprint density at radius 3 is 2.71 bits per heavy atom. The van der Waals surface area contributed by atoms with Crippen LogP contribution < -0.4 is 4.74 Å². The molecule has 0 amide bonds. The van der Waals surface area contributed by atoms with Gasteiger partial charge >= 0.3 is 0 Å². The Morgan fingerprint density at radius 1 is 1.57 bits per heavy atom. The predicted octanol–water partition coefficient (Wildman–Crippen LogP) is 1.84. The van der Waals surface area contributed by atoms with E-state index in [4.69, 9.17) is 9.84 Å². The van der Waals surface area contributed by atoms with Crippen LogP contribution in [0, 0.1) is 5.82 Å². The minimum Gasteiger partial charge on any atom is -0.504 e. The van der Waals surface area contributed by atoms with E-state index in [9.17, 15) is 9.50 Å². The number of benzene rings is 1. The number of ether oxygens (including phenoxy) is 1. The first-order valence-corrected chi connectivity index (χ1v) is 4.75. The van der Waals surface area contributed by atoms with Crippen molar-refractivity contribution in [2.75, 3.05) is 13.7 Å². The zero-order valence-electron chi connectivity index (χ0n) is 7.55. The summed E-state index contributed by atoms with van der Waals surface area (Å²) in [7, 11) is 1.31. The summed E-state index contributed by atoms with van der Waals surface area (Å²) >= 11 is 3.00. The van der Waals surface area contributed by atoms with Gasteiger partial charge in [0.05, 0.1) is 11.6 Å². The molecule has 0 spiro atoms. The molecule has 0 heterocycles. The maximum Gasteiger partial charge on any atom is 0.208 e. The molecule has 0 aromatic heterocycles. The Kier molecular flexibility index (Phi) is 3.71. The maximum absolute atomic E-state index is 13.4. The third-order valence-electron chi connectivity index (χ3n) is 1.81. The lowest BCUT2D eigenvalue weighted by Crippen LogP contribution is -1.99. The number of hydrogen-bond acceptors (Lipinski definition) is 3. The van der Waals surface area contributed by atoms with E-state index in [1.165, 1.54) is 13.2 Å². The molecule has 3 nitrogen and oxygen atoms in total. The van der Waals surface area contributed by atoms with Crippen molar-refractivity contribution in [3.05, 3.63) is 21.9 Å². The predicted molar refractivity (Wildman–Crippen MR) is 53.1 cm³/mol. The lowest BCUT2D eigenvalue weighted by atomic mass is 10.1. The van der Waals surface area contributed by atoms with Crippen LogP contribution in [0.25, 0.3) is 0 Å². The molecule has 14 heavy (non-hydrogen) atoms. The van der Waals surface area contributed by atoms with Gasteiger partial charge in [0.1, 0.15) is 0 Å². The van der Waals surface area contributed by atoms with Crippen LogP contribution in [0.5, 0.6) is 11.5 Å². The van der Waals surface area contributed by atoms with Gasteiger partial charge in [-0.05, 0) is 28.4 Å². The molecular formula is C9H10BrFO3. The first kappa shape index (κ1) is 11.3. The normalized spacial score (nSPS) is 10.3. The number of methoxy groups -OCH3 is 1. The summed E-state index contributed by atoms with van der Waals surface area (Å²) < 4.78 is 18.4. The van der Waals surface area contributed by atoms with E-state index in [-0.39, 0.29) is 23.2 Å². The molecule has 0 saturated carbocycles. The Morgan fingerprint density at radius 2 is 2.21 bits per heavy atom. The third kappa shape index (κ3) is 1.99. The van der Waals surface area contributed by atoms with Crippen molar-refractivity contribution in [2.24, 2.45) is 0 Å². The fraction of sp³-hybridized carbons (Fsp3) is 0.333. The van der Waals surface area contributed by atoms with Gasteiger partial charge in [-0.15, -0.1) is 0 Å². The first-order valence-electron chi connectivity index (χ1n) is 3.96. The highest BCUT2D eigenvalue weighted by atomic mass is 79.9. The number of aliphatic hydroxyl groups is 1. The quantitative estimate of drug-likeness (QED) is 0.876. The van der Waals surface area contributed by atoms with Gasteiger partial charge < -0.3 is 14.9 Å². The highest BCUT2D eigenvalue weighted by Gasteiger charge is 2.16. The summed E-state index contributed by atoms with van der Waals surface area (Å²) in [5.41, 5.74) is 0.511. The molecule has 1 aromatic rings. The number of aliphatic hydroxyl groups excluding tert-OH is 1. The highest BCUT2D eigenvalue weighted by Crippen LogP contribution is 2.36. The Balaban J connectivity index is 3.28. The Labute approximate surface area is 89.3 Å². The van der Waals surface area contributed by atoms with Crippen molar-refractivity contribution < 1.29 is 19.3 Å². The molecule has 5 heteroatoms. The van der Waals surface area contributed by atoms with E-state index in [1.807, 2.05) is 0 Å². The number of halogens is 2. The van der Waals surface area contributed by atoms with E-state index in [1.54, 1.807) is 0 Å². The summed E-state index contributed by atoms with van der Waals surface area (Å²) in [6, 6.07) is 1.52. The van der Waals surface area contributed by atoms with Crippen molar-refractivity contribution >= 4 is 15.9 Å². The summed E-state index contributed by atoms with van der Waals surface area (Å²) in [5.74, 6) is -1.33. The van der Waals surface area contributed by atoms with Gasteiger partial charge in [-0.25, -0.2) is 0 Å². The third-order valence-corrected chi connectivity index (χ3v) is 2.42. The standard InChI is InChI=1S/C9H10BrFO3/c1-14-9-5(2-3-12)4-6(10)8(13)7(9)11/h4,12-13H,2-3H2,1H3. The van der Waals surface area contributed by atoms with E-state index in [2.05, 4.69) is 15.9 Å². The fourth-order valence-electron chi connectivity index (χ4n) is 1.17. The van der Waals surface area contributed by atoms with E-state index in [0.717, 1.165) is 0 Å². The Bertz CT molecular complexity index is 341. The van der Waals surface area contributed by atoms with Crippen LogP contribution in [0.3, 0.4) is 0 Å². The van der Waals surface area contributed by atoms with Crippen molar-refractivity contribution in [3.63, 3.8) is 0 Å². The van der Waals surface area contributed by atoms with Crippen LogP contribution in [0.2, 0.25) is 0 Å². The van der Waals surface area contributed by atoms with Gasteiger partial charge in [-0.2, -0.15) is 4.39 Å². The lowest BCUT2D eigenvalue weighted by Gasteiger charge is -2.10. The fourth-order valence-corrected chi connectivity index (χ4v) is 1.62. The summed E-state index contributed by atoms with van der Waals surface area (Å²) in [6.07, 6.45) is 0.277. The number of rotatable bonds is 3. The van der Waals surface area contributed by atoms with E-state index < -0.39 is 11.6 Å². The molecular weight excluding hydrogens is 255 g/mol. The number of phenolic OH excluding ortho intramolecular Hbond substituents is 1. The molecule has 0 radical (unpaired) electrons. The second kappa shape index (κ2) is 4.61. The van der Waals surface area contributed by atoms with Crippen LogP contribution in [0.15, 0.2) is 10.5 Å². The smallest absolute Gasteiger partial charge is 0.208 e. The average Bonchev–Trinajstić information content (AvgIpc) is 2.16. The topological polar surface area (TPSA) is 49.7 Å². The van der Waals surface area contributed by atoms with Crippen molar-refractivity contribution in [1.82, 2.24) is 0 Å². The molecule has 2 N–H and O–H groups in total. The number of phenols is 1. The summed E-state index contributed by atoms with van der Waals surface area (Å²) in [6.45, 7) is -0.104. The molecule has 0 bridgehead atoms. The minimum atomic E-state index is -0.815. The van der Waals surface area contributed by atoms with Crippen LogP contribution >= 0.6 is 15.9 Å². The number of hydrogen-bond donors (Lipinski definition) is 2. The largest absolute Gasteiger partial charge is 0.504 e. The van der Waals surface area contributed by atoms with Gasteiger partial charge in [0.15, 0.2) is 11.5 Å². The minimum absolute atomic E-state index is 0.0280. The average molecular weight is 265 g/mol. The van der Waals surface area contributed by atoms with Crippen LogP contribution in [-0.4, -0.2) is 23.9 Å². The molecule has 1 rings (SSSR count). The Hall–Kier alpha value is -0.810. The lowest BCUT2D eigenvalue weighted by molar-refractivity contribution is 0.294. The van der Waals surface area contributed by atoms with E-state index >= 15 is 0 Å². The van der Waals surface area contributed by atoms with Crippen molar-refractivity contribution in [3.8, 4) is 11.5 Å². The molecule has 0 aliphatic rings. The van der Waals surface area contributed by atoms with Gasteiger partial charge in [0.2, 0.25) is 5.82 Å². The molecule has 1 aromatic carbocycles. The van der Waals surface area contributed by atoms with Crippen LogP contribution in [0.1, 0.15) is 5.56 Å². The van der Waals surface area contributed by atoms with Gasteiger partial charge in [-0.1, -0.05) is 0 Å². The van der Waals surface area contributed by atoms with Gasteiger partial charge in [0.25, 0.3) is 0 Å². The first-order chi connectivity index (χ1) is 6.61. The summed E-state index contributed by atoms with van der Waals surface area (Å²) in [4.78, 5) is 0. The molecule has 78 valence electrons. The maximum atomic E-state index is 13.4. The van der Waals surface area contributed by atoms with Crippen molar-refractivity contribution in [2.45, 2.75) is 6.42 Å². The molecule has 0 saturated heterocycles. The molecule has 0 aliphatic carbocycles. The molecule has 0 aliphatic heterocycles. The molecule has 0 unspecified atom stereocenters. The molecule has 0 atom stereocenters. The zero-order chi connectivity index (χ0) is 10.7.